The number of phosphoric acid groups is 1. The number of phosphoric ester groups is 1. The van der Waals surface area contributed by atoms with E-state index in [9.17, 15) is 4.57 Å². The molecule has 0 spiro atoms. The van der Waals surface area contributed by atoms with Crippen LogP contribution < -0.4 is 4.52 Å². The van der Waals surface area contributed by atoms with Crippen molar-refractivity contribution in [3.05, 3.63) is 27.8 Å². The number of rotatable bonds is 6. The van der Waals surface area contributed by atoms with Crippen molar-refractivity contribution in [2.24, 2.45) is 0 Å². The van der Waals surface area contributed by atoms with Crippen molar-refractivity contribution in [1.29, 1.82) is 0 Å². The molecule has 16 heavy (non-hydrogen) atoms. The first kappa shape index (κ1) is 14.0. The molecule has 4 nitrogen and oxygen atoms in total. The standard InChI is InChI=1S/C10H14IO4P/c1-3-13-16(12,14-4-2)15-10-7-5-9(11)6-8-10/h5-8H,3-4H2,1-2H3. The smallest absolute Gasteiger partial charge is 0.404 e. The topological polar surface area (TPSA) is 44.8 Å². The zero-order valence-electron chi connectivity index (χ0n) is 9.18. The third kappa shape index (κ3) is 4.41. The molecule has 0 aliphatic rings. The van der Waals surface area contributed by atoms with Gasteiger partial charge in [0.2, 0.25) is 0 Å². The predicted octanol–water partition coefficient (Wildman–Crippen LogP) is 3.85. The Morgan fingerprint density at radius 1 is 1.12 bits per heavy atom. The van der Waals surface area contributed by atoms with Gasteiger partial charge >= 0.3 is 7.82 Å². The quantitative estimate of drug-likeness (QED) is 0.574. The molecule has 0 radical (unpaired) electrons. The molecular formula is C10H14IO4P. The van der Waals surface area contributed by atoms with Crippen molar-refractivity contribution in [2.45, 2.75) is 13.8 Å². The van der Waals surface area contributed by atoms with Gasteiger partial charge in [-0.3, -0.25) is 9.05 Å². The first-order valence-electron chi connectivity index (χ1n) is 4.94. The second-order valence-electron chi connectivity index (χ2n) is 2.83. The normalized spacial score (nSPS) is 11.4. The Morgan fingerprint density at radius 2 is 1.62 bits per heavy atom. The number of benzene rings is 1. The van der Waals surface area contributed by atoms with Crippen LogP contribution in [0.2, 0.25) is 0 Å². The Labute approximate surface area is 109 Å². The highest BCUT2D eigenvalue weighted by atomic mass is 127. The van der Waals surface area contributed by atoms with Gasteiger partial charge in [0, 0.05) is 3.57 Å². The minimum atomic E-state index is -3.46. The first-order chi connectivity index (χ1) is 7.59. The molecule has 0 heterocycles. The summed E-state index contributed by atoms with van der Waals surface area (Å²) in [4.78, 5) is 0. The second kappa shape index (κ2) is 6.59. The van der Waals surface area contributed by atoms with Gasteiger partial charge in [0.1, 0.15) is 5.75 Å². The Kier molecular flexibility index (Phi) is 5.75. The van der Waals surface area contributed by atoms with Crippen LogP contribution in [0.3, 0.4) is 0 Å². The largest absolute Gasteiger partial charge is 0.530 e. The lowest BCUT2D eigenvalue weighted by atomic mass is 10.3. The van der Waals surface area contributed by atoms with Gasteiger partial charge in [-0.1, -0.05) is 0 Å². The Bertz CT molecular complexity index is 356. The average Bonchev–Trinajstić information content (AvgIpc) is 2.22. The zero-order chi connectivity index (χ0) is 12.0. The van der Waals surface area contributed by atoms with E-state index in [4.69, 9.17) is 13.6 Å². The van der Waals surface area contributed by atoms with E-state index in [-0.39, 0.29) is 13.2 Å². The Morgan fingerprint density at radius 3 is 2.06 bits per heavy atom. The third-order valence-electron chi connectivity index (χ3n) is 1.61. The lowest BCUT2D eigenvalue weighted by Crippen LogP contribution is -2.02. The lowest BCUT2D eigenvalue weighted by Gasteiger charge is -2.16. The summed E-state index contributed by atoms with van der Waals surface area (Å²) >= 11 is 2.18. The van der Waals surface area contributed by atoms with Crippen LogP contribution in [0, 0.1) is 3.57 Å². The summed E-state index contributed by atoms with van der Waals surface area (Å²) in [5, 5.41) is 0. The number of halogens is 1. The molecule has 1 rings (SSSR count). The zero-order valence-corrected chi connectivity index (χ0v) is 12.2. The van der Waals surface area contributed by atoms with Gasteiger partial charge in [0.25, 0.3) is 0 Å². The van der Waals surface area contributed by atoms with Gasteiger partial charge < -0.3 is 4.52 Å². The maximum Gasteiger partial charge on any atom is 0.530 e. The van der Waals surface area contributed by atoms with Crippen LogP contribution >= 0.6 is 30.4 Å². The maximum atomic E-state index is 12.0. The highest BCUT2D eigenvalue weighted by Crippen LogP contribution is 2.49. The Hall–Kier alpha value is -0.100. The fourth-order valence-corrected chi connectivity index (χ4v) is 2.58. The molecule has 0 aliphatic heterocycles. The van der Waals surface area contributed by atoms with E-state index in [1.807, 2.05) is 12.1 Å². The molecule has 0 aromatic heterocycles. The highest BCUT2D eigenvalue weighted by molar-refractivity contribution is 14.1. The third-order valence-corrected chi connectivity index (χ3v) is 3.91. The van der Waals surface area contributed by atoms with Gasteiger partial charge in [0.05, 0.1) is 13.2 Å². The molecule has 0 atom stereocenters. The van der Waals surface area contributed by atoms with Gasteiger partial charge in [0.15, 0.2) is 0 Å². The summed E-state index contributed by atoms with van der Waals surface area (Å²) in [6.45, 7) is 4.04. The average molecular weight is 356 g/mol. The van der Waals surface area contributed by atoms with E-state index >= 15 is 0 Å². The van der Waals surface area contributed by atoms with E-state index in [1.54, 1.807) is 26.0 Å². The molecule has 0 saturated heterocycles. The predicted molar refractivity (Wildman–Crippen MR) is 70.6 cm³/mol. The van der Waals surface area contributed by atoms with E-state index < -0.39 is 7.82 Å². The van der Waals surface area contributed by atoms with Crippen molar-refractivity contribution in [3.8, 4) is 5.75 Å². The molecule has 90 valence electrons. The van der Waals surface area contributed by atoms with Crippen LogP contribution in [-0.2, 0) is 13.6 Å². The molecule has 0 saturated carbocycles. The van der Waals surface area contributed by atoms with E-state index in [2.05, 4.69) is 22.6 Å². The number of hydrogen-bond donors (Lipinski definition) is 0. The summed E-state index contributed by atoms with van der Waals surface area (Å²) < 4.78 is 28.3. The van der Waals surface area contributed by atoms with Gasteiger partial charge in [-0.2, -0.15) is 0 Å². The van der Waals surface area contributed by atoms with Crippen molar-refractivity contribution in [3.63, 3.8) is 0 Å². The summed E-state index contributed by atoms with van der Waals surface area (Å²) in [7, 11) is -3.46. The van der Waals surface area contributed by atoms with E-state index in [0.717, 1.165) is 3.57 Å². The van der Waals surface area contributed by atoms with Gasteiger partial charge in [-0.05, 0) is 60.7 Å². The fourth-order valence-electron chi connectivity index (χ4n) is 1.03. The minimum Gasteiger partial charge on any atom is -0.404 e. The van der Waals surface area contributed by atoms with Gasteiger partial charge in [-0.15, -0.1) is 0 Å². The van der Waals surface area contributed by atoms with E-state index in [1.165, 1.54) is 0 Å². The highest BCUT2D eigenvalue weighted by Gasteiger charge is 2.26. The summed E-state index contributed by atoms with van der Waals surface area (Å²) in [6.07, 6.45) is 0. The fraction of sp³-hybridized carbons (Fsp3) is 0.400. The van der Waals surface area contributed by atoms with Crippen LogP contribution in [0.1, 0.15) is 13.8 Å². The summed E-state index contributed by atoms with van der Waals surface area (Å²) in [6, 6.07) is 7.18. The monoisotopic (exact) mass is 356 g/mol. The van der Waals surface area contributed by atoms with Crippen LogP contribution in [-0.4, -0.2) is 13.2 Å². The molecule has 0 amide bonds. The molecule has 6 heteroatoms. The summed E-state index contributed by atoms with van der Waals surface area (Å²) in [5.74, 6) is 0.477. The number of hydrogen-bond acceptors (Lipinski definition) is 4. The van der Waals surface area contributed by atoms with Crippen LogP contribution in [0.15, 0.2) is 24.3 Å². The molecule has 0 fully saturated rings. The maximum absolute atomic E-state index is 12.0. The lowest BCUT2D eigenvalue weighted by molar-refractivity contribution is 0.167. The molecule has 1 aromatic rings. The van der Waals surface area contributed by atoms with Crippen molar-refractivity contribution < 1.29 is 18.1 Å². The van der Waals surface area contributed by atoms with E-state index in [0.29, 0.717) is 5.75 Å². The Balaban J connectivity index is 2.75. The molecule has 0 unspecified atom stereocenters. The molecule has 0 aliphatic carbocycles. The molecule has 0 bridgehead atoms. The van der Waals surface area contributed by atoms with Crippen LogP contribution in [0.5, 0.6) is 5.75 Å². The second-order valence-corrected chi connectivity index (χ2v) is 5.67. The van der Waals surface area contributed by atoms with Crippen molar-refractivity contribution in [1.82, 2.24) is 0 Å². The molecule has 0 N–H and O–H groups in total. The summed E-state index contributed by atoms with van der Waals surface area (Å²) in [5.41, 5.74) is 0. The molecular weight excluding hydrogens is 342 g/mol. The van der Waals surface area contributed by atoms with Crippen molar-refractivity contribution in [2.75, 3.05) is 13.2 Å². The first-order valence-corrected chi connectivity index (χ1v) is 7.48. The van der Waals surface area contributed by atoms with Crippen LogP contribution in [0.4, 0.5) is 0 Å². The van der Waals surface area contributed by atoms with Gasteiger partial charge in [-0.25, -0.2) is 4.57 Å². The molecule has 1 aromatic carbocycles. The minimum absolute atomic E-state index is 0.279. The van der Waals surface area contributed by atoms with Crippen LogP contribution in [0.25, 0.3) is 0 Å². The SMILES string of the molecule is CCOP(=O)(OCC)Oc1ccc(I)cc1. The van der Waals surface area contributed by atoms with Crippen molar-refractivity contribution >= 4 is 30.4 Å².